The lowest BCUT2D eigenvalue weighted by Gasteiger charge is -2.24. The minimum Gasteiger partial charge on any atom is -0.393 e. The molecule has 78 valence electrons. The maximum Gasteiger partial charge on any atom is 0.0773 e. The van der Waals surface area contributed by atoms with Gasteiger partial charge < -0.3 is 10.2 Å². The van der Waals surface area contributed by atoms with Crippen molar-refractivity contribution in [3.05, 3.63) is 12.2 Å². The summed E-state index contributed by atoms with van der Waals surface area (Å²) in [5.74, 6) is -0.00815. The summed E-state index contributed by atoms with van der Waals surface area (Å²) in [6, 6.07) is 0. The molecule has 0 aliphatic carbocycles. The molecule has 0 aliphatic rings. The fourth-order valence-corrected chi connectivity index (χ4v) is 1.57. The maximum atomic E-state index is 9.69. The van der Waals surface area contributed by atoms with Gasteiger partial charge in [-0.25, -0.2) is 0 Å². The van der Waals surface area contributed by atoms with E-state index in [4.69, 9.17) is 0 Å². The summed E-state index contributed by atoms with van der Waals surface area (Å²) >= 11 is 0. The zero-order valence-corrected chi connectivity index (χ0v) is 8.90. The van der Waals surface area contributed by atoms with E-state index in [1.54, 1.807) is 6.08 Å². The molecule has 0 heterocycles. The zero-order chi connectivity index (χ0) is 10.3. The van der Waals surface area contributed by atoms with Crippen molar-refractivity contribution < 1.29 is 10.2 Å². The average molecular weight is 186 g/mol. The first-order valence-electron chi connectivity index (χ1n) is 5.16. The highest BCUT2D eigenvalue weighted by atomic mass is 16.3. The number of hydrogen-bond acceptors (Lipinski definition) is 2. The lowest BCUT2D eigenvalue weighted by atomic mass is 9.89. The summed E-state index contributed by atoms with van der Waals surface area (Å²) in [7, 11) is 0. The molecule has 0 saturated heterocycles. The monoisotopic (exact) mass is 186 g/mol. The van der Waals surface area contributed by atoms with Gasteiger partial charge in [0.05, 0.1) is 12.2 Å². The van der Waals surface area contributed by atoms with Crippen LogP contribution in [0.4, 0.5) is 0 Å². The van der Waals surface area contributed by atoms with E-state index < -0.39 is 6.10 Å². The van der Waals surface area contributed by atoms with E-state index >= 15 is 0 Å². The van der Waals surface area contributed by atoms with Crippen molar-refractivity contribution in [2.75, 3.05) is 0 Å². The fourth-order valence-electron chi connectivity index (χ4n) is 1.57. The van der Waals surface area contributed by atoms with Crippen LogP contribution in [0.25, 0.3) is 0 Å². The highest BCUT2D eigenvalue weighted by Gasteiger charge is 2.22. The highest BCUT2D eigenvalue weighted by Crippen LogP contribution is 2.19. The number of aliphatic hydroxyl groups is 2. The summed E-state index contributed by atoms with van der Waals surface area (Å²) in [6.07, 6.45) is 5.27. The van der Waals surface area contributed by atoms with E-state index in [0.29, 0.717) is 6.42 Å². The van der Waals surface area contributed by atoms with Gasteiger partial charge in [0.25, 0.3) is 0 Å². The highest BCUT2D eigenvalue weighted by molar-refractivity contribution is 4.91. The van der Waals surface area contributed by atoms with Gasteiger partial charge in [-0.2, -0.15) is 0 Å². The SMILES string of the molecule is CC=CC(O)C(CCC)C(O)CC. The van der Waals surface area contributed by atoms with E-state index in [1.165, 1.54) is 0 Å². The van der Waals surface area contributed by atoms with Gasteiger partial charge in [-0.1, -0.05) is 32.4 Å². The van der Waals surface area contributed by atoms with E-state index in [2.05, 4.69) is 6.92 Å². The normalized spacial score (nSPS) is 18.8. The second-order valence-electron chi connectivity index (χ2n) is 3.44. The standard InChI is InChI=1S/C11H22O2/c1-4-7-9(10(12)6-3)11(13)8-5-2/h5,8-13H,4,6-7H2,1-3H3. The number of aliphatic hydroxyl groups excluding tert-OH is 2. The van der Waals surface area contributed by atoms with Gasteiger partial charge in [-0.3, -0.25) is 0 Å². The zero-order valence-electron chi connectivity index (χ0n) is 8.90. The second-order valence-corrected chi connectivity index (χ2v) is 3.44. The Morgan fingerprint density at radius 2 is 1.85 bits per heavy atom. The Balaban J connectivity index is 4.21. The van der Waals surface area contributed by atoms with Crippen LogP contribution in [0.3, 0.4) is 0 Å². The third-order valence-electron chi connectivity index (χ3n) is 2.36. The third kappa shape index (κ3) is 4.44. The van der Waals surface area contributed by atoms with Crippen LogP contribution in [0.15, 0.2) is 12.2 Å². The molecular weight excluding hydrogens is 164 g/mol. The Morgan fingerprint density at radius 3 is 2.23 bits per heavy atom. The van der Waals surface area contributed by atoms with Gasteiger partial charge in [-0.15, -0.1) is 0 Å². The molecule has 13 heavy (non-hydrogen) atoms. The summed E-state index contributed by atoms with van der Waals surface area (Å²) < 4.78 is 0. The van der Waals surface area contributed by atoms with Crippen molar-refractivity contribution in [1.82, 2.24) is 0 Å². The lowest BCUT2D eigenvalue weighted by molar-refractivity contribution is 0.0280. The molecule has 3 unspecified atom stereocenters. The molecule has 0 bridgehead atoms. The smallest absolute Gasteiger partial charge is 0.0773 e. The van der Waals surface area contributed by atoms with Gasteiger partial charge in [0.15, 0.2) is 0 Å². The molecule has 3 atom stereocenters. The van der Waals surface area contributed by atoms with Crippen molar-refractivity contribution in [2.24, 2.45) is 5.92 Å². The van der Waals surface area contributed by atoms with E-state index in [-0.39, 0.29) is 12.0 Å². The molecule has 2 nitrogen and oxygen atoms in total. The van der Waals surface area contributed by atoms with Gasteiger partial charge in [0.2, 0.25) is 0 Å². The first-order valence-corrected chi connectivity index (χ1v) is 5.16. The van der Waals surface area contributed by atoms with Crippen LogP contribution in [-0.4, -0.2) is 22.4 Å². The summed E-state index contributed by atoms with van der Waals surface area (Å²) in [5.41, 5.74) is 0. The Labute approximate surface area is 81.3 Å². The summed E-state index contributed by atoms with van der Waals surface area (Å²) in [6.45, 7) is 5.89. The minimum atomic E-state index is -0.500. The lowest BCUT2D eigenvalue weighted by Crippen LogP contribution is -2.30. The topological polar surface area (TPSA) is 40.5 Å². The first kappa shape index (κ1) is 12.7. The fraction of sp³-hybridized carbons (Fsp3) is 0.818. The van der Waals surface area contributed by atoms with Gasteiger partial charge >= 0.3 is 0 Å². The minimum absolute atomic E-state index is 0.00815. The number of rotatable bonds is 6. The van der Waals surface area contributed by atoms with Crippen molar-refractivity contribution >= 4 is 0 Å². The largest absolute Gasteiger partial charge is 0.393 e. The molecule has 2 heteroatoms. The third-order valence-corrected chi connectivity index (χ3v) is 2.36. The molecule has 0 aromatic heterocycles. The van der Waals surface area contributed by atoms with Crippen LogP contribution in [0.1, 0.15) is 40.0 Å². The Morgan fingerprint density at radius 1 is 1.23 bits per heavy atom. The molecule has 0 aromatic rings. The maximum absolute atomic E-state index is 9.69. The second kappa shape index (κ2) is 7.10. The van der Waals surface area contributed by atoms with Crippen molar-refractivity contribution in [2.45, 2.75) is 52.2 Å². The van der Waals surface area contributed by atoms with E-state index in [1.807, 2.05) is 19.9 Å². The number of allylic oxidation sites excluding steroid dienone is 1. The molecule has 2 N–H and O–H groups in total. The first-order chi connectivity index (χ1) is 6.17. The van der Waals surface area contributed by atoms with Gasteiger partial charge in [-0.05, 0) is 19.8 Å². The molecule has 0 spiro atoms. The molecule has 0 amide bonds. The summed E-state index contributed by atoms with van der Waals surface area (Å²) in [4.78, 5) is 0. The Hall–Kier alpha value is -0.340. The molecule has 0 saturated carbocycles. The van der Waals surface area contributed by atoms with Crippen LogP contribution >= 0.6 is 0 Å². The molecule has 0 aliphatic heterocycles. The Kier molecular flexibility index (Phi) is 6.92. The molecule has 0 fully saturated rings. The summed E-state index contributed by atoms with van der Waals surface area (Å²) in [5, 5.41) is 19.3. The van der Waals surface area contributed by atoms with Gasteiger partial charge in [0, 0.05) is 5.92 Å². The van der Waals surface area contributed by atoms with Crippen LogP contribution in [0.2, 0.25) is 0 Å². The van der Waals surface area contributed by atoms with Gasteiger partial charge in [0.1, 0.15) is 0 Å². The molecule has 0 aromatic carbocycles. The predicted molar refractivity (Wildman–Crippen MR) is 55.5 cm³/mol. The predicted octanol–water partition coefficient (Wildman–Crippen LogP) is 2.11. The van der Waals surface area contributed by atoms with Crippen molar-refractivity contribution in [1.29, 1.82) is 0 Å². The van der Waals surface area contributed by atoms with Crippen LogP contribution in [0.5, 0.6) is 0 Å². The van der Waals surface area contributed by atoms with Crippen molar-refractivity contribution in [3.8, 4) is 0 Å². The molecular formula is C11H22O2. The average Bonchev–Trinajstić information content (AvgIpc) is 2.13. The van der Waals surface area contributed by atoms with Crippen LogP contribution < -0.4 is 0 Å². The van der Waals surface area contributed by atoms with Crippen LogP contribution in [-0.2, 0) is 0 Å². The number of hydrogen-bond donors (Lipinski definition) is 2. The Bertz CT molecular complexity index is 143. The quantitative estimate of drug-likeness (QED) is 0.624. The molecule has 0 radical (unpaired) electrons. The molecule has 0 rings (SSSR count). The van der Waals surface area contributed by atoms with E-state index in [9.17, 15) is 10.2 Å². The van der Waals surface area contributed by atoms with Crippen molar-refractivity contribution in [3.63, 3.8) is 0 Å². The van der Waals surface area contributed by atoms with Crippen LogP contribution in [0, 0.1) is 5.92 Å². The van der Waals surface area contributed by atoms with E-state index in [0.717, 1.165) is 12.8 Å².